The van der Waals surface area contributed by atoms with Crippen molar-refractivity contribution >= 4 is 11.7 Å². The van der Waals surface area contributed by atoms with Crippen LogP contribution in [0.4, 0.5) is 8.78 Å². The van der Waals surface area contributed by atoms with E-state index >= 15 is 0 Å². The average Bonchev–Trinajstić information content (AvgIpc) is 2.45. The van der Waals surface area contributed by atoms with E-state index in [1.54, 1.807) is 0 Å². The molecule has 0 aliphatic rings. The predicted octanol–water partition coefficient (Wildman–Crippen LogP) is 0.188. The Balaban J connectivity index is 2.40. The van der Waals surface area contributed by atoms with Gasteiger partial charge in [-0.05, 0) is 12.1 Å². The number of oxime groups is 1. The van der Waals surface area contributed by atoms with Gasteiger partial charge in [0.05, 0.1) is 6.61 Å². The zero-order valence-corrected chi connectivity index (χ0v) is 10.4. The normalized spacial score (nSPS) is 11.7. The quantitative estimate of drug-likeness (QED) is 0.218. The van der Waals surface area contributed by atoms with Crippen molar-refractivity contribution < 1.29 is 23.5 Å². The molecular formula is C11H14F2N4O3. The third kappa shape index (κ3) is 5.14. The highest BCUT2D eigenvalue weighted by Gasteiger charge is 2.08. The summed E-state index contributed by atoms with van der Waals surface area (Å²) in [7, 11) is 0. The Morgan fingerprint density at radius 2 is 2.30 bits per heavy atom. The zero-order chi connectivity index (χ0) is 15.0. The molecule has 0 saturated carbocycles. The topological polar surface area (TPSA) is 110 Å². The van der Waals surface area contributed by atoms with Crippen LogP contribution in [0.25, 0.3) is 0 Å². The number of carbonyl (C=O) groups is 1. The fourth-order valence-electron chi connectivity index (χ4n) is 1.24. The summed E-state index contributed by atoms with van der Waals surface area (Å²) in [6, 6.07) is 2.85. The third-order valence-corrected chi connectivity index (χ3v) is 2.18. The summed E-state index contributed by atoms with van der Waals surface area (Å²) in [5, 5.41) is 13.7. The molecular weight excluding hydrogens is 274 g/mol. The minimum atomic E-state index is -2.53. The first-order valence-electron chi connectivity index (χ1n) is 5.62. The molecule has 0 aliphatic heterocycles. The maximum Gasteiger partial charge on any atom is 0.269 e. The molecule has 9 heteroatoms. The summed E-state index contributed by atoms with van der Waals surface area (Å²) >= 11 is 0. The van der Waals surface area contributed by atoms with E-state index in [0.717, 1.165) is 0 Å². The molecule has 0 radical (unpaired) electrons. The molecule has 1 amide bonds. The Bertz CT molecular complexity index is 465. The highest BCUT2D eigenvalue weighted by Crippen LogP contribution is 2.00. The first-order valence-corrected chi connectivity index (χ1v) is 5.62. The maximum atomic E-state index is 11.8. The molecule has 0 aromatic carbocycles. The van der Waals surface area contributed by atoms with Gasteiger partial charge in [0.1, 0.15) is 12.3 Å². The van der Waals surface area contributed by atoms with E-state index in [0.29, 0.717) is 5.56 Å². The SMILES string of the molecule is N/C(=N/O)c1ccc(C(=O)NCCOCC(F)F)nc1. The van der Waals surface area contributed by atoms with E-state index < -0.39 is 18.9 Å². The van der Waals surface area contributed by atoms with Gasteiger partial charge in [-0.1, -0.05) is 5.16 Å². The molecule has 1 aromatic heterocycles. The van der Waals surface area contributed by atoms with Gasteiger partial charge in [-0.15, -0.1) is 0 Å². The third-order valence-electron chi connectivity index (χ3n) is 2.18. The van der Waals surface area contributed by atoms with Gasteiger partial charge in [0.2, 0.25) is 0 Å². The largest absolute Gasteiger partial charge is 0.409 e. The lowest BCUT2D eigenvalue weighted by atomic mass is 10.2. The number of amides is 1. The Kier molecular flexibility index (Phi) is 6.30. The second kappa shape index (κ2) is 8.00. The van der Waals surface area contributed by atoms with Gasteiger partial charge in [-0.25, -0.2) is 8.78 Å². The van der Waals surface area contributed by atoms with Crippen LogP contribution in [0, 0.1) is 0 Å². The summed E-state index contributed by atoms with van der Waals surface area (Å²) in [5.74, 6) is -0.596. The minimum Gasteiger partial charge on any atom is -0.409 e. The Labute approximate surface area is 113 Å². The van der Waals surface area contributed by atoms with Crippen molar-refractivity contribution in [1.82, 2.24) is 10.3 Å². The van der Waals surface area contributed by atoms with E-state index in [2.05, 4.69) is 20.2 Å². The summed E-state index contributed by atoms with van der Waals surface area (Å²) < 4.78 is 28.1. The van der Waals surface area contributed by atoms with Crippen molar-refractivity contribution in [2.75, 3.05) is 19.8 Å². The Hall–Kier alpha value is -2.29. The average molecular weight is 288 g/mol. The van der Waals surface area contributed by atoms with Crippen molar-refractivity contribution in [3.8, 4) is 0 Å². The number of carbonyl (C=O) groups excluding carboxylic acids is 1. The van der Waals surface area contributed by atoms with Gasteiger partial charge in [0, 0.05) is 18.3 Å². The number of nitrogens with zero attached hydrogens (tertiary/aromatic N) is 2. The second-order valence-electron chi connectivity index (χ2n) is 3.64. The number of ether oxygens (including phenoxy) is 1. The predicted molar refractivity (Wildman–Crippen MR) is 65.9 cm³/mol. The van der Waals surface area contributed by atoms with Gasteiger partial charge in [0.15, 0.2) is 5.84 Å². The van der Waals surface area contributed by atoms with E-state index in [4.69, 9.17) is 10.9 Å². The zero-order valence-electron chi connectivity index (χ0n) is 10.4. The molecule has 0 saturated heterocycles. The summed E-state index contributed by atoms with van der Waals surface area (Å²) in [6.45, 7) is -0.587. The van der Waals surface area contributed by atoms with Crippen LogP contribution in [0.15, 0.2) is 23.5 Å². The number of amidine groups is 1. The van der Waals surface area contributed by atoms with Crippen molar-refractivity contribution in [3.63, 3.8) is 0 Å². The number of aromatic nitrogens is 1. The first kappa shape index (κ1) is 15.8. The van der Waals surface area contributed by atoms with Crippen LogP contribution in [0.1, 0.15) is 16.1 Å². The monoisotopic (exact) mass is 288 g/mol. The van der Waals surface area contributed by atoms with Gasteiger partial charge in [-0.3, -0.25) is 9.78 Å². The molecule has 0 fully saturated rings. The first-order chi connectivity index (χ1) is 9.54. The van der Waals surface area contributed by atoms with Crippen molar-refractivity contribution in [2.45, 2.75) is 6.43 Å². The van der Waals surface area contributed by atoms with Crippen molar-refractivity contribution in [2.24, 2.45) is 10.9 Å². The van der Waals surface area contributed by atoms with E-state index in [1.807, 2.05) is 0 Å². The molecule has 1 aromatic rings. The number of pyridine rings is 1. The lowest BCUT2D eigenvalue weighted by molar-refractivity contribution is 0.0188. The van der Waals surface area contributed by atoms with Gasteiger partial charge >= 0.3 is 0 Å². The van der Waals surface area contributed by atoms with Crippen LogP contribution >= 0.6 is 0 Å². The molecule has 0 bridgehead atoms. The number of hydrogen-bond acceptors (Lipinski definition) is 5. The molecule has 0 aliphatic carbocycles. The van der Waals surface area contributed by atoms with Crippen LogP contribution < -0.4 is 11.1 Å². The van der Waals surface area contributed by atoms with Crippen LogP contribution in [0.3, 0.4) is 0 Å². The molecule has 110 valence electrons. The number of rotatable bonds is 7. The van der Waals surface area contributed by atoms with Crippen LogP contribution in [0.5, 0.6) is 0 Å². The minimum absolute atomic E-state index is 0.0156. The van der Waals surface area contributed by atoms with E-state index in [9.17, 15) is 13.6 Å². The van der Waals surface area contributed by atoms with Crippen LogP contribution in [-0.2, 0) is 4.74 Å². The molecule has 0 atom stereocenters. The molecule has 0 unspecified atom stereocenters. The van der Waals surface area contributed by atoms with Gasteiger partial charge < -0.3 is 21.0 Å². The maximum absolute atomic E-state index is 11.8. The second-order valence-corrected chi connectivity index (χ2v) is 3.64. The van der Waals surface area contributed by atoms with Crippen molar-refractivity contribution in [1.29, 1.82) is 0 Å². The summed E-state index contributed by atoms with van der Waals surface area (Å²) in [5.41, 5.74) is 5.82. The van der Waals surface area contributed by atoms with Crippen LogP contribution in [-0.4, -0.2) is 48.1 Å². The number of hydrogen-bond donors (Lipinski definition) is 3. The number of nitrogens with one attached hydrogen (secondary N) is 1. The Morgan fingerprint density at radius 3 is 2.85 bits per heavy atom. The Morgan fingerprint density at radius 1 is 1.55 bits per heavy atom. The molecule has 7 nitrogen and oxygen atoms in total. The number of halogens is 2. The summed E-state index contributed by atoms with van der Waals surface area (Å²) in [4.78, 5) is 15.4. The molecule has 1 rings (SSSR count). The smallest absolute Gasteiger partial charge is 0.269 e. The number of alkyl halides is 2. The van der Waals surface area contributed by atoms with E-state index in [-0.39, 0.29) is 24.7 Å². The highest BCUT2D eigenvalue weighted by molar-refractivity contribution is 5.98. The fourth-order valence-corrected chi connectivity index (χ4v) is 1.24. The number of nitrogens with two attached hydrogens (primary N) is 1. The molecule has 1 heterocycles. The van der Waals surface area contributed by atoms with Crippen LogP contribution in [0.2, 0.25) is 0 Å². The summed E-state index contributed by atoms with van der Waals surface area (Å²) in [6.07, 6.45) is -1.25. The molecule has 20 heavy (non-hydrogen) atoms. The molecule has 4 N–H and O–H groups in total. The van der Waals surface area contributed by atoms with Gasteiger partial charge in [0.25, 0.3) is 12.3 Å². The van der Waals surface area contributed by atoms with E-state index in [1.165, 1.54) is 18.3 Å². The standard InChI is InChI=1S/C11H14F2N4O3/c12-9(13)6-20-4-3-15-11(18)8-2-1-7(5-16-8)10(14)17-19/h1-2,5,9,19H,3-4,6H2,(H2,14,17)(H,15,18). The highest BCUT2D eigenvalue weighted by atomic mass is 19.3. The lowest BCUT2D eigenvalue weighted by Crippen LogP contribution is -2.28. The van der Waals surface area contributed by atoms with Crippen molar-refractivity contribution in [3.05, 3.63) is 29.6 Å². The molecule has 0 spiro atoms. The van der Waals surface area contributed by atoms with Gasteiger partial charge in [-0.2, -0.15) is 0 Å². The fraction of sp³-hybridized carbons (Fsp3) is 0.364. The lowest BCUT2D eigenvalue weighted by Gasteiger charge is -2.06.